The second-order valence-electron chi connectivity index (χ2n) is 5.31. The summed E-state index contributed by atoms with van der Waals surface area (Å²) in [6, 6.07) is 3.17. The molecule has 1 aliphatic rings. The third kappa shape index (κ3) is 3.20. The zero-order valence-electron chi connectivity index (χ0n) is 13.0. The van der Waals surface area contributed by atoms with E-state index in [1.165, 1.54) is 12.8 Å². The SMILES string of the molecule is CCOCc1nc(NC)cc(N2C(C)CCC2CC)n1. The molecular weight excluding hydrogens is 252 g/mol. The van der Waals surface area contributed by atoms with Crippen LogP contribution < -0.4 is 10.2 Å². The van der Waals surface area contributed by atoms with Crippen LogP contribution in [0.4, 0.5) is 11.6 Å². The number of nitrogens with one attached hydrogen (secondary N) is 1. The molecule has 1 N–H and O–H groups in total. The van der Waals surface area contributed by atoms with Gasteiger partial charge in [0.15, 0.2) is 5.82 Å². The molecule has 0 bridgehead atoms. The molecule has 2 rings (SSSR count). The number of nitrogens with zero attached hydrogens (tertiary/aromatic N) is 3. The van der Waals surface area contributed by atoms with Gasteiger partial charge in [0.1, 0.15) is 18.2 Å². The van der Waals surface area contributed by atoms with Crippen molar-refractivity contribution in [1.29, 1.82) is 0 Å². The summed E-state index contributed by atoms with van der Waals surface area (Å²) in [6.07, 6.45) is 3.64. The topological polar surface area (TPSA) is 50.3 Å². The lowest BCUT2D eigenvalue weighted by Gasteiger charge is -2.29. The minimum Gasteiger partial charge on any atom is -0.374 e. The van der Waals surface area contributed by atoms with E-state index in [-0.39, 0.29) is 0 Å². The van der Waals surface area contributed by atoms with Crippen LogP contribution in [0.1, 0.15) is 45.9 Å². The second kappa shape index (κ2) is 6.88. The quantitative estimate of drug-likeness (QED) is 0.867. The summed E-state index contributed by atoms with van der Waals surface area (Å²) in [7, 11) is 1.89. The third-order valence-electron chi connectivity index (χ3n) is 3.97. The predicted molar refractivity (Wildman–Crippen MR) is 82.2 cm³/mol. The van der Waals surface area contributed by atoms with E-state index >= 15 is 0 Å². The number of anilines is 2. The minimum absolute atomic E-state index is 0.470. The molecule has 1 aromatic rings. The summed E-state index contributed by atoms with van der Waals surface area (Å²) >= 11 is 0. The fraction of sp³-hybridized carbons (Fsp3) is 0.733. The molecule has 1 saturated heterocycles. The van der Waals surface area contributed by atoms with E-state index < -0.39 is 0 Å². The molecule has 112 valence electrons. The molecule has 2 heterocycles. The number of aromatic nitrogens is 2. The van der Waals surface area contributed by atoms with Crippen molar-refractivity contribution in [2.24, 2.45) is 0 Å². The fourth-order valence-corrected chi connectivity index (χ4v) is 2.89. The molecule has 0 aromatic carbocycles. The highest BCUT2D eigenvalue weighted by Crippen LogP contribution is 2.31. The second-order valence-corrected chi connectivity index (χ2v) is 5.31. The fourth-order valence-electron chi connectivity index (χ4n) is 2.89. The van der Waals surface area contributed by atoms with Gasteiger partial charge in [0.05, 0.1) is 0 Å². The van der Waals surface area contributed by atoms with Crippen LogP contribution in [-0.2, 0) is 11.3 Å². The molecule has 1 aromatic heterocycles. The van der Waals surface area contributed by atoms with Crippen molar-refractivity contribution < 1.29 is 4.74 Å². The van der Waals surface area contributed by atoms with Crippen LogP contribution >= 0.6 is 0 Å². The Balaban J connectivity index is 2.29. The molecule has 0 spiro atoms. The zero-order chi connectivity index (χ0) is 14.5. The Hall–Kier alpha value is -1.36. The molecule has 1 fully saturated rings. The van der Waals surface area contributed by atoms with Gasteiger partial charge in [-0.1, -0.05) is 6.92 Å². The highest BCUT2D eigenvalue weighted by atomic mass is 16.5. The highest BCUT2D eigenvalue weighted by molar-refractivity contribution is 5.51. The first kappa shape index (κ1) is 15.0. The van der Waals surface area contributed by atoms with Crippen LogP contribution in [0.15, 0.2) is 6.07 Å². The Labute approximate surface area is 121 Å². The van der Waals surface area contributed by atoms with Crippen molar-refractivity contribution in [3.63, 3.8) is 0 Å². The Morgan fingerprint density at radius 1 is 1.35 bits per heavy atom. The Morgan fingerprint density at radius 3 is 2.80 bits per heavy atom. The van der Waals surface area contributed by atoms with Crippen LogP contribution in [0.3, 0.4) is 0 Å². The van der Waals surface area contributed by atoms with Crippen molar-refractivity contribution in [2.75, 3.05) is 23.9 Å². The summed E-state index contributed by atoms with van der Waals surface area (Å²) in [5, 5.41) is 3.12. The van der Waals surface area contributed by atoms with Crippen LogP contribution in [-0.4, -0.2) is 35.7 Å². The summed E-state index contributed by atoms with van der Waals surface area (Å²) in [5.41, 5.74) is 0. The van der Waals surface area contributed by atoms with E-state index in [2.05, 4.69) is 29.0 Å². The van der Waals surface area contributed by atoms with Crippen molar-refractivity contribution in [1.82, 2.24) is 9.97 Å². The minimum atomic E-state index is 0.470. The van der Waals surface area contributed by atoms with Gasteiger partial charge in [0, 0.05) is 31.8 Å². The van der Waals surface area contributed by atoms with Gasteiger partial charge in [-0.15, -0.1) is 0 Å². The molecule has 0 amide bonds. The molecular formula is C15H26N4O. The highest BCUT2D eigenvalue weighted by Gasteiger charge is 2.30. The Morgan fingerprint density at radius 2 is 2.15 bits per heavy atom. The molecule has 0 aliphatic carbocycles. The number of ether oxygens (including phenoxy) is 1. The summed E-state index contributed by atoms with van der Waals surface area (Å²) < 4.78 is 5.45. The maximum atomic E-state index is 5.45. The summed E-state index contributed by atoms with van der Waals surface area (Å²) in [6.45, 7) is 7.66. The van der Waals surface area contributed by atoms with E-state index in [9.17, 15) is 0 Å². The number of hydrogen-bond acceptors (Lipinski definition) is 5. The van der Waals surface area contributed by atoms with E-state index in [0.29, 0.717) is 25.3 Å². The molecule has 5 heteroatoms. The van der Waals surface area contributed by atoms with Crippen LogP contribution in [0, 0.1) is 0 Å². The number of rotatable bonds is 6. The van der Waals surface area contributed by atoms with Gasteiger partial charge in [0.25, 0.3) is 0 Å². The van der Waals surface area contributed by atoms with Gasteiger partial charge in [-0.3, -0.25) is 0 Å². The van der Waals surface area contributed by atoms with Crippen LogP contribution in [0.2, 0.25) is 0 Å². The maximum absolute atomic E-state index is 5.45. The maximum Gasteiger partial charge on any atom is 0.158 e. The molecule has 0 saturated carbocycles. The summed E-state index contributed by atoms with van der Waals surface area (Å²) in [5.74, 6) is 2.64. The first-order chi connectivity index (χ1) is 9.69. The Bertz CT molecular complexity index is 438. The van der Waals surface area contributed by atoms with Crippen molar-refractivity contribution >= 4 is 11.6 Å². The van der Waals surface area contributed by atoms with Gasteiger partial charge in [-0.2, -0.15) is 0 Å². The van der Waals surface area contributed by atoms with Crippen LogP contribution in [0.5, 0.6) is 0 Å². The lowest BCUT2D eigenvalue weighted by atomic mass is 10.1. The molecule has 20 heavy (non-hydrogen) atoms. The molecule has 5 nitrogen and oxygen atoms in total. The third-order valence-corrected chi connectivity index (χ3v) is 3.97. The van der Waals surface area contributed by atoms with E-state index in [1.54, 1.807) is 0 Å². The lowest BCUT2D eigenvalue weighted by Crippen LogP contribution is -2.35. The van der Waals surface area contributed by atoms with Crippen LogP contribution in [0.25, 0.3) is 0 Å². The lowest BCUT2D eigenvalue weighted by molar-refractivity contribution is 0.128. The monoisotopic (exact) mass is 278 g/mol. The largest absolute Gasteiger partial charge is 0.374 e. The average molecular weight is 278 g/mol. The molecule has 2 unspecified atom stereocenters. The average Bonchev–Trinajstić information content (AvgIpc) is 2.85. The summed E-state index contributed by atoms with van der Waals surface area (Å²) in [4.78, 5) is 11.6. The van der Waals surface area contributed by atoms with Gasteiger partial charge < -0.3 is 15.0 Å². The van der Waals surface area contributed by atoms with E-state index in [0.717, 1.165) is 23.9 Å². The molecule has 0 radical (unpaired) electrons. The first-order valence-electron chi connectivity index (χ1n) is 7.61. The van der Waals surface area contributed by atoms with E-state index in [4.69, 9.17) is 9.72 Å². The van der Waals surface area contributed by atoms with Gasteiger partial charge in [0.2, 0.25) is 0 Å². The number of hydrogen-bond donors (Lipinski definition) is 1. The van der Waals surface area contributed by atoms with Gasteiger partial charge in [-0.05, 0) is 33.1 Å². The van der Waals surface area contributed by atoms with E-state index in [1.807, 2.05) is 20.0 Å². The predicted octanol–water partition coefficient (Wildman–Crippen LogP) is 2.82. The smallest absolute Gasteiger partial charge is 0.158 e. The standard InChI is InChI=1S/C15H26N4O/c1-5-12-8-7-11(3)19(12)15-9-13(16-4)17-14(18-15)10-20-6-2/h9,11-12H,5-8,10H2,1-4H3,(H,16,17,18). The Kier molecular flexibility index (Phi) is 5.17. The zero-order valence-corrected chi connectivity index (χ0v) is 13.0. The first-order valence-corrected chi connectivity index (χ1v) is 7.61. The van der Waals surface area contributed by atoms with Gasteiger partial charge in [-0.25, -0.2) is 9.97 Å². The molecule has 2 atom stereocenters. The van der Waals surface area contributed by atoms with Gasteiger partial charge >= 0.3 is 0 Å². The molecule has 1 aliphatic heterocycles. The normalized spacial score (nSPS) is 22.3. The van der Waals surface area contributed by atoms with Crippen molar-refractivity contribution in [3.8, 4) is 0 Å². The van der Waals surface area contributed by atoms with Crippen molar-refractivity contribution in [3.05, 3.63) is 11.9 Å². The van der Waals surface area contributed by atoms with Crippen molar-refractivity contribution in [2.45, 2.75) is 58.7 Å².